The third-order valence-electron chi connectivity index (χ3n) is 2.54. The lowest BCUT2D eigenvalue weighted by atomic mass is 10.2. The lowest BCUT2D eigenvalue weighted by Crippen LogP contribution is -2.08. The van der Waals surface area contributed by atoms with E-state index in [1.165, 1.54) is 10.9 Å². The van der Waals surface area contributed by atoms with Crippen LogP contribution in [-0.2, 0) is 17.8 Å². The van der Waals surface area contributed by atoms with Gasteiger partial charge in [-0.1, -0.05) is 12.1 Å². The largest absolute Gasteiger partial charge is 0.508 e. The third-order valence-corrected chi connectivity index (χ3v) is 2.54. The van der Waals surface area contributed by atoms with Crippen molar-refractivity contribution in [3.05, 3.63) is 41.6 Å². The first-order chi connectivity index (χ1) is 8.56. The number of benzene rings is 1. The lowest BCUT2D eigenvalue weighted by molar-refractivity contribution is -0.136. The predicted octanol–water partition coefficient (Wildman–Crippen LogP) is 0.846. The van der Waals surface area contributed by atoms with Gasteiger partial charge in [-0.05, 0) is 17.7 Å². The number of aromatic hydroxyl groups is 1. The Morgan fingerprint density at radius 3 is 2.89 bits per heavy atom. The number of carboxylic acid groups (broad SMARTS) is 1. The monoisotopic (exact) mass is 247 g/mol. The summed E-state index contributed by atoms with van der Waals surface area (Å²) < 4.78 is 1.51. The van der Waals surface area contributed by atoms with Crippen LogP contribution < -0.4 is 5.73 Å². The van der Waals surface area contributed by atoms with E-state index in [4.69, 9.17) is 10.8 Å². The van der Waals surface area contributed by atoms with E-state index in [-0.39, 0.29) is 12.2 Å². The van der Waals surface area contributed by atoms with E-state index in [0.29, 0.717) is 17.9 Å². The molecule has 0 saturated heterocycles. The van der Waals surface area contributed by atoms with Gasteiger partial charge in [0, 0.05) is 5.56 Å². The van der Waals surface area contributed by atoms with Crippen LogP contribution in [0, 0.1) is 0 Å². The summed E-state index contributed by atoms with van der Waals surface area (Å²) in [6.07, 6.45) is 1.30. The highest BCUT2D eigenvalue weighted by atomic mass is 16.4. The van der Waals surface area contributed by atoms with Gasteiger partial charge in [-0.25, -0.2) is 4.68 Å². The minimum absolute atomic E-state index is 0.147. The van der Waals surface area contributed by atoms with Crippen molar-refractivity contribution in [2.24, 2.45) is 0 Å². The Morgan fingerprint density at radius 2 is 2.22 bits per heavy atom. The molecule has 4 N–H and O–H groups in total. The smallest absolute Gasteiger partial charge is 0.308 e. The van der Waals surface area contributed by atoms with Gasteiger partial charge in [-0.15, -0.1) is 0 Å². The SMILES string of the molecule is Nc1c(CC(=O)O)cnn1Cc1cccc(O)c1. The summed E-state index contributed by atoms with van der Waals surface area (Å²) in [7, 11) is 0. The van der Waals surface area contributed by atoms with E-state index in [9.17, 15) is 9.90 Å². The van der Waals surface area contributed by atoms with Crippen molar-refractivity contribution in [3.8, 4) is 5.75 Å². The van der Waals surface area contributed by atoms with Crippen molar-refractivity contribution in [2.75, 3.05) is 5.73 Å². The van der Waals surface area contributed by atoms with Gasteiger partial charge in [-0.3, -0.25) is 4.79 Å². The normalized spacial score (nSPS) is 10.4. The molecule has 0 aliphatic heterocycles. The Labute approximate surface area is 103 Å². The fourth-order valence-electron chi connectivity index (χ4n) is 1.69. The Hall–Kier alpha value is -2.50. The van der Waals surface area contributed by atoms with Crippen LogP contribution in [0.25, 0.3) is 0 Å². The highest BCUT2D eigenvalue weighted by molar-refractivity contribution is 5.72. The molecule has 0 aliphatic rings. The first-order valence-corrected chi connectivity index (χ1v) is 5.36. The first kappa shape index (κ1) is 12.0. The second-order valence-corrected chi connectivity index (χ2v) is 3.95. The van der Waals surface area contributed by atoms with Gasteiger partial charge in [0.25, 0.3) is 0 Å². The molecule has 0 amide bonds. The number of nitrogens with zero attached hydrogens (tertiary/aromatic N) is 2. The molecule has 18 heavy (non-hydrogen) atoms. The van der Waals surface area contributed by atoms with Gasteiger partial charge < -0.3 is 15.9 Å². The molecular formula is C12H13N3O3. The fraction of sp³-hybridized carbons (Fsp3) is 0.167. The van der Waals surface area contributed by atoms with Crippen molar-refractivity contribution >= 4 is 11.8 Å². The molecule has 0 fully saturated rings. The maximum atomic E-state index is 10.6. The molecule has 94 valence electrons. The molecule has 0 unspecified atom stereocenters. The van der Waals surface area contributed by atoms with Crippen molar-refractivity contribution in [1.82, 2.24) is 9.78 Å². The van der Waals surface area contributed by atoms with Gasteiger partial charge in [0.15, 0.2) is 0 Å². The van der Waals surface area contributed by atoms with E-state index in [2.05, 4.69) is 5.10 Å². The van der Waals surface area contributed by atoms with Crippen LogP contribution >= 0.6 is 0 Å². The zero-order chi connectivity index (χ0) is 13.1. The molecule has 0 bridgehead atoms. The second-order valence-electron chi connectivity index (χ2n) is 3.95. The lowest BCUT2D eigenvalue weighted by Gasteiger charge is -2.05. The van der Waals surface area contributed by atoms with Gasteiger partial charge in [0.1, 0.15) is 11.6 Å². The second kappa shape index (κ2) is 4.79. The summed E-state index contributed by atoms with van der Waals surface area (Å²) in [6, 6.07) is 6.74. The summed E-state index contributed by atoms with van der Waals surface area (Å²) in [5.41, 5.74) is 7.14. The minimum Gasteiger partial charge on any atom is -0.508 e. The number of nitrogens with two attached hydrogens (primary N) is 1. The van der Waals surface area contributed by atoms with Crippen LogP contribution in [0.2, 0.25) is 0 Å². The van der Waals surface area contributed by atoms with E-state index in [0.717, 1.165) is 5.56 Å². The molecule has 2 rings (SSSR count). The van der Waals surface area contributed by atoms with Crippen LogP contribution in [-0.4, -0.2) is 26.0 Å². The molecule has 0 saturated carbocycles. The summed E-state index contributed by atoms with van der Waals surface area (Å²) in [5, 5.41) is 22.1. The average Bonchev–Trinajstić information content (AvgIpc) is 2.61. The number of aliphatic carboxylic acids is 1. The zero-order valence-electron chi connectivity index (χ0n) is 9.58. The number of phenols is 1. The number of anilines is 1. The Kier molecular flexibility index (Phi) is 3.18. The highest BCUT2D eigenvalue weighted by Gasteiger charge is 2.11. The van der Waals surface area contributed by atoms with Crippen molar-refractivity contribution < 1.29 is 15.0 Å². The topological polar surface area (TPSA) is 101 Å². The Balaban J connectivity index is 2.20. The van der Waals surface area contributed by atoms with Crippen molar-refractivity contribution in [2.45, 2.75) is 13.0 Å². The Morgan fingerprint density at radius 1 is 1.44 bits per heavy atom. The minimum atomic E-state index is -0.946. The molecule has 1 aromatic heterocycles. The predicted molar refractivity (Wildman–Crippen MR) is 65.2 cm³/mol. The van der Waals surface area contributed by atoms with Crippen LogP contribution in [0.1, 0.15) is 11.1 Å². The number of rotatable bonds is 4. The number of hydrogen-bond donors (Lipinski definition) is 3. The number of nitrogen functional groups attached to an aromatic ring is 1. The summed E-state index contributed by atoms with van der Waals surface area (Å²) in [4.78, 5) is 10.6. The molecule has 0 spiro atoms. The number of carboxylic acids is 1. The van der Waals surface area contributed by atoms with Gasteiger partial charge in [0.05, 0.1) is 19.2 Å². The average molecular weight is 247 g/mol. The van der Waals surface area contributed by atoms with Gasteiger partial charge in [-0.2, -0.15) is 5.10 Å². The molecule has 6 nitrogen and oxygen atoms in total. The summed E-state index contributed by atoms with van der Waals surface area (Å²) in [5.74, 6) is -0.441. The maximum absolute atomic E-state index is 10.6. The number of phenolic OH excluding ortho intramolecular Hbond substituents is 1. The maximum Gasteiger partial charge on any atom is 0.308 e. The molecule has 1 aromatic carbocycles. The van der Waals surface area contributed by atoms with E-state index >= 15 is 0 Å². The molecule has 2 aromatic rings. The molecular weight excluding hydrogens is 234 g/mol. The van der Waals surface area contributed by atoms with E-state index < -0.39 is 5.97 Å². The van der Waals surface area contributed by atoms with E-state index in [1.807, 2.05) is 6.07 Å². The van der Waals surface area contributed by atoms with Crippen LogP contribution in [0.4, 0.5) is 5.82 Å². The van der Waals surface area contributed by atoms with Gasteiger partial charge >= 0.3 is 5.97 Å². The zero-order valence-corrected chi connectivity index (χ0v) is 9.58. The number of carbonyl (C=O) groups is 1. The molecule has 6 heteroatoms. The first-order valence-electron chi connectivity index (χ1n) is 5.36. The highest BCUT2D eigenvalue weighted by Crippen LogP contribution is 2.16. The standard InChI is InChI=1S/C12H13N3O3/c13-12-9(5-11(17)18)6-14-15(12)7-8-2-1-3-10(16)4-8/h1-4,6,16H,5,7,13H2,(H,17,18). The quantitative estimate of drug-likeness (QED) is 0.743. The van der Waals surface area contributed by atoms with Crippen molar-refractivity contribution in [1.29, 1.82) is 0 Å². The third kappa shape index (κ3) is 2.60. The molecule has 0 radical (unpaired) electrons. The van der Waals surface area contributed by atoms with Crippen LogP contribution in [0.5, 0.6) is 5.75 Å². The summed E-state index contributed by atoms with van der Waals surface area (Å²) >= 11 is 0. The van der Waals surface area contributed by atoms with Crippen LogP contribution in [0.15, 0.2) is 30.5 Å². The Bertz CT molecular complexity index is 578. The summed E-state index contributed by atoms with van der Waals surface area (Å²) in [6.45, 7) is 0.389. The van der Waals surface area contributed by atoms with Crippen molar-refractivity contribution in [3.63, 3.8) is 0 Å². The number of hydrogen-bond acceptors (Lipinski definition) is 4. The molecule has 1 heterocycles. The van der Waals surface area contributed by atoms with E-state index in [1.54, 1.807) is 18.2 Å². The number of aromatic nitrogens is 2. The van der Waals surface area contributed by atoms with Crippen LogP contribution in [0.3, 0.4) is 0 Å². The molecule has 0 aliphatic carbocycles. The molecule has 0 atom stereocenters. The van der Waals surface area contributed by atoms with Gasteiger partial charge in [0.2, 0.25) is 0 Å². The fourth-order valence-corrected chi connectivity index (χ4v) is 1.69.